The van der Waals surface area contributed by atoms with Gasteiger partial charge in [-0.3, -0.25) is 14.9 Å². The van der Waals surface area contributed by atoms with Gasteiger partial charge in [0.15, 0.2) is 0 Å². The van der Waals surface area contributed by atoms with E-state index < -0.39 is 5.54 Å². The number of fused-ring (bicyclic) bond motifs is 1. The second-order valence-electron chi connectivity index (χ2n) is 7.02. The normalized spacial score (nSPS) is 27.4. The van der Waals surface area contributed by atoms with Crippen LogP contribution in [0.2, 0.25) is 0 Å². The zero-order chi connectivity index (χ0) is 16.6. The molecule has 1 heterocycles. The highest BCUT2D eigenvalue weighted by molar-refractivity contribution is 5.80. The highest BCUT2D eigenvalue weighted by Crippen LogP contribution is 2.34. The maximum atomic E-state index is 12.9. The highest BCUT2D eigenvalue weighted by atomic mass is 16.6. The van der Waals surface area contributed by atoms with E-state index in [9.17, 15) is 14.9 Å². The fraction of sp³-hybridized carbons (Fsp3) is 0.588. The average Bonchev–Trinajstić information content (AvgIpc) is 2.52. The van der Waals surface area contributed by atoms with Crippen molar-refractivity contribution in [1.82, 2.24) is 4.90 Å². The topological polar surface area (TPSA) is 89.5 Å². The van der Waals surface area contributed by atoms with Gasteiger partial charge >= 0.3 is 0 Å². The van der Waals surface area contributed by atoms with Crippen LogP contribution in [0.25, 0.3) is 0 Å². The molecule has 2 unspecified atom stereocenters. The highest BCUT2D eigenvalue weighted by Gasteiger charge is 2.40. The number of rotatable bonds is 2. The van der Waals surface area contributed by atoms with Gasteiger partial charge < -0.3 is 10.6 Å². The van der Waals surface area contributed by atoms with Gasteiger partial charge in [0.2, 0.25) is 5.91 Å². The molecule has 1 aliphatic heterocycles. The summed E-state index contributed by atoms with van der Waals surface area (Å²) in [4.78, 5) is 25.3. The quantitative estimate of drug-likeness (QED) is 0.670. The number of nitrogens with zero attached hydrogens (tertiary/aromatic N) is 2. The lowest BCUT2D eigenvalue weighted by Gasteiger charge is -2.41. The summed E-state index contributed by atoms with van der Waals surface area (Å²) in [5.41, 5.74) is 7.97. The predicted octanol–water partition coefficient (Wildman–Crippen LogP) is 2.39. The number of hydrogen-bond donors (Lipinski definition) is 1. The molecule has 0 aromatic heterocycles. The van der Waals surface area contributed by atoms with Crippen molar-refractivity contribution in [1.29, 1.82) is 0 Å². The Bertz CT molecular complexity index is 642. The lowest BCUT2D eigenvalue weighted by Crippen LogP contribution is -2.54. The third kappa shape index (κ3) is 3.08. The summed E-state index contributed by atoms with van der Waals surface area (Å²) in [6, 6.07) is 4.94. The van der Waals surface area contributed by atoms with Gasteiger partial charge in [-0.2, -0.15) is 0 Å². The summed E-state index contributed by atoms with van der Waals surface area (Å²) in [5.74, 6) is -0.0386. The monoisotopic (exact) mass is 317 g/mol. The number of nitrogens with two attached hydrogens (primary N) is 1. The van der Waals surface area contributed by atoms with Crippen LogP contribution in [0.1, 0.15) is 43.7 Å². The molecule has 0 spiro atoms. The molecule has 124 valence electrons. The van der Waals surface area contributed by atoms with Gasteiger partial charge in [0, 0.05) is 30.8 Å². The summed E-state index contributed by atoms with van der Waals surface area (Å²) >= 11 is 0. The zero-order valence-electron chi connectivity index (χ0n) is 13.5. The van der Waals surface area contributed by atoms with Crippen LogP contribution in [0.3, 0.4) is 0 Å². The summed E-state index contributed by atoms with van der Waals surface area (Å²) in [5, 5.41) is 10.9. The van der Waals surface area contributed by atoms with Crippen molar-refractivity contribution < 1.29 is 9.72 Å². The van der Waals surface area contributed by atoms with E-state index >= 15 is 0 Å². The summed E-state index contributed by atoms with van der Waals surface area (Å²) < 4.78 is 0. The number of carbonyl (C=O) groups excluding carboxylic acids is 1. The minimum Gasteiger partial charge on any atom is -0.338 e. The maximum absolute atomic E-state index is 12.9. The average molecular weight is 317 g/mol. The van der Waals surface area contributed by atoms with Crippen LogP contribution >= 0.6 is 0 Å². The number of hydrogen-bond acceptors (Lipinski definition) is 4. The Morgan fingerprint density at radius 3 is 2.87 bits per heavy atom. The largest absolute Gasteiger partial charge is 0.338 e. The number of non-ortho nitro benzene ring substituents is 1. The van der Waals surface area contributed by atoms with E-state index in [1.807, 2.05) is 17.9 Å². The molecule has 0 bridgehead atoms. The van der Waals surface area contributed by atoms with Crippen molar-refractivity contribution in [2.45, 2.75) is 51.1 Å². The van der Waals surface area contributed by atoms with E-state index in [0.29, 0.717) is 13.1 Å². The molecule has 1 aromatic rings. The minimum atomic E-state index is -0.446. The second-order valence-corrected chi connectivity index (χ2v) is 7.02. The maximum Gasteiger partial charge on any atom is 0.269 e. The summed E-state index contributed by atoms with van der Waals surface area (Å²) in [6.07, 6.45) is 4.57. The zero-order valence-corrected chi connectivity index (χ0v) is 13.5. The number of carbonyl (C=O) groups is 1. The van der Waals surface area contributed by atoms with Crippen molar-refractivity contribution in [2.75, 3.05) is 6.54 Å². The van der Waals surface area contributed by atoms with Crippen LogP contribution in [0.4, 0.5) is 5.69 Å². The van der Waals surface area contributed by atoms with Crippen molar-refractivity contribution in [3.05, 3.63) is 39.4 Å². The number of nitro benzene ring substituents is 1. The predicted molar refractivity (Wildman–Crippen MR) is 86.8 cm³/mol. The summed E-state index contributed by atoms with van der Waals surface area (Å²) in [6.45, 7) is 3.08. The van der Waals surface area contributed by atoms with Gasteiger partial charge in [0.25, 0.3) is 5.69 Å². The van der Waals surface area contributed by atoms with E-state index in [-0.39, 0.29) is 22.4 Å². The Morgan fingerprint density at radius 2 is 2.17 bits per heavy atom. The molecule has 2 N–H and O–H groups in total. The van der Waals surface area contributed by atoms with E-state index in [0.717, 1.165) is 43.2 Å². The van der Waals surface area contributed by atoms with Gasteiger partial charge in [-0.15, -0.1) is 0 Å². The minimum absolute atomic E-state index is 0.0828. The standard InChI is InChI=1S/C17H23N3O3/c1-17(18)8-3-2-4-15(17)16(21)19-9-7-12-5-6-14(20(22)23)10-13(12)11-19/h5-6,10,15H,2-4,7-9,11,18H2,1H3. The van der Waals surface area contributed by atoms with E-state index in [1.54, 1.807) is 6.07 Å². The fourth-order valence-electron chi connectivity index (χ4n) is 3.83. The van der Waals surface area contributed by atoms with Crippen LogP contribution in [0.5, 0.6) is 0 Å². The molecule has 0 saturated heterocycles. The molecule has 23 heavy (non-hydrogen) atoms. The Balaban J connectivity index is 1.79. The van der Waals surface area contributed by atoms with Gasteiger partial charge in [0.05, 0.1) is 10.8 Å². The number of benzene rings is 1. The van der Waals surface area contributed by atoms with Crippen molar-refractivity contribution in [3.63, 3.8) is 0 Å². The van der Waals surface area contributed by atoms with E-state index in [1.165, 1.54) is 6.07 Å². The molecule has 3 rings (SSSR count). The van der Waals surface area contributed by atoms with Gasteiger partial charge in [-0.05, 0) is 37.3 Å². The molecule has 1 amide bonds. The Morgan fingerprint density at radius 1 is 1.39 bits per heavy atom. The molecular formula is C17H23N3O3. The number of amides is 1. The smallest absolute Gasteiger partial charge is 0.269 e. The van der Waals surface area contributed by atoms with Gasteiger partial charge in [0.1, 0.15) is 0 Å². The lowest BCUT2D eigenvalue weighted by molar-refractivity contribution is -0.385. The Hall–Kier alpha value is -1.95. The first-order chi connectivity index (χ1) is 10.9. The SMILES string of the molecule is CC1(N)CCCCC1C(=O)N1CCc2ccc([N+](=O)[O-])cc2C1. The molecule has 1 aromatic carbocycles. The first-order valence-electron chi connectivity index (χ1n) is 8.22. The van der Waals surface area contributed by atoms with Crippen molar-refractivity contribution in [3.8, 4) is 0 Å². The summed E-state index contributed by atoms with van der Waals surface area (Å²) in [7, 11) is 0. The lowest BCUT2D eigenvalue weighted by atomic mass is 9.73. The Labute approximate surface area is 135 Å². The fourth-order valence-corrected chi connectivity index (χ4v) is 3.83. The van der Waals surface area contributed by atoms with Gasteiger partial charge in [-0.1, -0.05) is 18.9 Å². The van der Waals surface area contributed by atoms with Crippen LogP contribution in [-0.2, 0) is 17.8 Å². The number of nitro groups is 1. The molecule has 1 fully saturated rings. The van der Waals surface area contributed by atoms with Crippen LogP contribution in [-0.4, -0.2) is 27.8 Å². The van der Waals surface area contributed by atoms with Crippen molar-refractivity contribution >= 4 is 11.6 Å². The van der Waals surface area contributed by atoms with Crippen molar-refractivity contribution in [2.24, 2.45) is 11.7 Å². The van der Waals surface area contributed by atoms with Crippen LogP contribution < -0.4 is 5.73 Å². The molecular weight excluding hydrogens is 294 g/mol. The first-order valence-corrected chi connectivity index (χ1v) is 8.22. The van der Waals surface area contributed by atoms with Crippen LogP contribution in [0.15, 0.2) is 18.2 Å². The third-order valence-corrected chi connectivity index (χ3v) is 5.28. The molecule has 6 heteroatoms. The molecule has 2 atom stereocenters. The van der Waals surface area contributed by atoms with E-state index in [2.05, 4.69) is 0 Å². The molecule has 2 aliphatic rings. The Kier molecular flexibility index (Phi) is 4.10. The van der Waals surface area contributed by atoms with Crippen LogP contribution in [0, 0.1) is 16.0 Å². The molecule has 0 radical (unpaired) electrons. The van der Waals surface area contributed by atoms with E-state index in [4.69, 9.17) is 5.73 Å². The van der Waals surface area contributed by atoms with Gasteiger partial charge in [-0.25, -0.2) is 0 Å². The molecule has 1 saturated carbocycles. The second kappa shape index (κ2) is 5.92. The third-order valence-electron chi connectivity index (χ3n) is 5.28. The first kappa shape index (κ1) is 15.9. The molecule has 6 nitrogen and oxygen atoms in total. The molecule has 1 aliphatic carbocycles.